The van der Waals surface area contributed by atoms with Gasteiger partial charge in [-0.3, -0.25) is 0 Å². The Labute approximate surface area is 131 Å². The Balaban J connectivity index is 1.73. The Kier molecular flexibility index (Phi) is 4.38. The van der Waals surface area contributed by atoms with Crippen LogP contribution in [0.3, 0.4) is 0 Å². The van der Waals surface area contributed by atoms with Gasteiger partial charge in [-0.15, -0.1) is 0 Å². The fourth-order valence-electron chi connectivity index (χ4n) is 3.49. The number of anilines is 1. The molecule has 1 N–H and O–H groups in total. The van der Waals surface area contributed by atoms with Gasteiger partial charge in [0.05, 0.1) is 5.69 Å². The number of hydrogen-bond acceptors (Lipinski definition) is 5. The second-order valence-electron chi connectivity index (χ2n) is 6.55. The van der Waals surface area contributed by atoms with E-state index >= 15 is 0 Å². The second kappa shape index (κ2) is 6.44. The van der Waals surface area contributed by atoms with Gasteiger partial charge < -0.3 is 10.2 Å². The SMILES string of the molecule is CN(C)CC1(CNc2nnnn2-c2ccccc2)CCCC1. The lowest BCUT2D eigenvalue weighted by Crippen LogP contribution is -2.37. The second-order valence-corrected chi connectivity index (χ2v) is 6.55. The molecule has 3 rings (SSSR count). The van der Waals surface area contributed by atoms with E-state index in [0.29, 0.717) is 5.41 Å². The fraction of sp³-hybridized carbons (Fsp3) is 0.562. The highest BCUT2D eigenvalue weighted by Crippen LogP contribution is 2.38. The molecule has 0 spiro atoms. The standard InChI is InChI=1S/C16H24N6/c1-21(2)13-16(10-6-7-11-16)12-17-15-18-19-20-22(15)14-8-4-3-5-9-14/h3-5,8-9H,6-7,10-13H2,1-2H3,(H,17,18,20). The van der Waals surface area contributed by atoms with E-state index in [1.807, 2.05) is 30.3 Å². The van der Waals surface area contributed by atoms with E-state index in [-0.39, 0.29) is 0 Å². The maximum atomic E-state index is 4.14. The average molecular weight is 300 g/mol. The zero-order valence-electron chi connectivity index (χ0n) is 13.4. The molecule has 1 heterocycles. The highest BCUT2D eigenvalue weighted by atomic mass is 15.6. The van der Waals surface area contributed by atoms with Crippen molar-refractivity contribution in [2.45, 2.75) is 25.7 Å². The fourth-order valence-corrected chi connectivity index (χ4v) is 3.49. The molecule has 1 aromatic heterocycles. The third kappa shape index (κ3) is 3.27. The number of tetrazole rings is 1. The summed E-state index contributed by atoms with van der Waals surface area (Å²) in [6.07, 6.45) is 5.18. The molecular formula is C16H24N6. The first-order chi connectivity index (χ1) is 10.7. The van der Waals surface area contributed by atoms with Gasteiger partial charge >= 0.3 is 0 Å². The van der Waals surface area contributed by atoms with E-state index in [1.54, 1.807) is 4.68 Å². The lowest BCUT2D eigenvalue weighted by molar-refractivity contribution is 0.215. The molecule has 0 bridgehead atoms. The zero-order chi connectivity index (χ0) is 15.4. The molecule has 1 saturated carbocycles. The Hall–Kier alpha value is -1.95. The molecule has 22 heavy (non-hydrogen) atoms. The van der Waals surface area contributed by atoms with Gasteiger partial charge in [0.25, 0.3) is 0 Å². The molecule has 0 aliphatic heterocycles. The van der Waals surface area contributed by atoms with Gasteiger partial charge in [0.15, 0.2) is 0 Å². The van der Waals surface area contributed by atoms with Crippen molar-refractivity contribution >= 4 is 5.95 Å². The normalized spacial score (nSPS) is 17.0. The summed E-state index contributed by atoms with van der Waals surface area (Å²) in [6, 6.07) is 9.99. The number of nitrogens with one attached hydrogen (secondary N) is 1. The van der Waals surface area contributed by atoms with Crippen LogP contribution < -0.4 is 5.32 Å². The van der Waals surface area contributed by atoms with Crippen LogP contribution >= 0.6 is 0 Å². The number of benzene rings is 1. The Morgan fingerprint density at radius 1 is 1.18 bits per heavy atom. The van der Waals surface area contributed by atoms with Crippen molar-refractivity contribution in [2.75, 3.05) is 32.5 Å². The first kappa shape index (κ1) is 15.0. The van der Waals surface area contributed by atoms with Crippen molar-refractivity contribution in [1.82, 2.24) is 25.1 Å². The summed E-state index contributed by atoms with van der Waals surface area (Å²) in [6.45, 7) is 2.02. The van der Waals surface area contributed by atoms with Crippen molar-refractivity contribution < 1.29 is 0 Å². The number of aromatic nitrogens is 4. The van der Waals surface area contributed by atoms with Crippen molar-refractivity contribution in [3.8, 4) is 5.69 Å². The highest BCUT2D eigenvalue weighted by molar-refractivity contribution is 5.38. The van der Waals surface area contributed by atoms with E-state index in [9.17, 15) is 0 Å². The minimum Gasteiger partial charge on any atom is -0.352 e. The van der Waals surface area contributed by atoms with Crippen LogP contribution in [-0.4, -0.2) is 52.3 Å². The molecule has 1 fully saturated rings. The molecule has 6 heteroatoms. The van der Waals surface area contributed by atoms with Crippen molar-refractivity contribution in [1.29, 1.82) is 0 Å². The van der Waals surface area contributed by atoms with E-state index in [2.05, 4.69) is 39.8 Å². The average Bonchev–Trinajstić information content (AvgIpc) is 3.15. The smallest absolute Gasteiger partial charge is 0.247 e. The first-order valence-corrected chi connectivity index (χ1v) is 7.91. The van der Waals surface area contributed by atoms with Crippen LogP contribution in [0.15, 0.2) is 30.3 Å². The van der Waals surface area contributed by atoms with E-state index in [4.69, 9.17) is 0 Å². The van der Waals surface area contributed by atoms with Gasteiger partial charge in [-0.1, -0.05) is 36.1 Å². The van der Waals surface area contributed by atoms with E-state index < -0.39 is 0 Å². The third-order valence-electron chi connectivity index (χ3n) is 4.41. The topological polar surface area (TPSA) is 58.9 Å². The van der Waals surface area contributed by atoms with Crippen molar-refractivity contribution in [3.05, 3.63) is 30.3 Å². The molecule has 2 aromatic rings. The number of nitrogens with zero attached hydrogens (tertiary/aromatic N) is 5. The molecular weight excluding hydrogens is 276 g/mol. The highest BCUT2D eigenvalue weighted by Gasteiger charge is 2.34. The summed E-state index contributed by atoms with van der Waals surface area (Å²) in [7, 11) is 4.29. The van der Waals surface area contributed by atoms with Crippen LogP contribution in [0.4, 0.5) is 5.95 Å². The number of rotatable bonds is 6. The Morgan fingerprint density at radius 3 is 2.59 bits per heavy atom. The number of hydrogen-bond donors (Lipinski definition) is 1. The van der Waals surface area contributed by atoms with Gasteiger partial charge in [-0.05, 0) is 49.5 Å². The van der Waals surface area contributed by atoms with Crippen LogP contribution in [0.5, 0.6) is 0 Å². The molecule has 0 unspecified atom stereocenters. The summed E-state index contributed by atoms with van der Waals surface area (Å²) < 4.78 is 1.76. The largest absolute Gasteiger partial charge is 0.352 e. The van der Waals surface area contributed by atoms with Crippen LogP contribution in [0.1, 0.15) is 25.7 Å². The van der Waals surface area contributed by atoms with Crippen LogP contribution in [0.25, 0.3) is 5.69 Å². The minimum atomic E-state index is 0.330. The summed E-state index contributed by atoms with van der Waals surface area (Å²) in [5, 5.41) is 15.5. The van der Waals surface area contributed by atoms with E-state index in [1.165, 1.54) is 25.7 Å². The monoisotopic (exact) mass is 300 g/mol. The van der Waals surface area contributed by atoms with Gasteiger partial charge in [-0.25, -0.2) is 0 Å². The molecule has 0 atom stereocenters. The van der Waals surface area contributed by atoms with Crippen LogP contribution in [0, 0.1) is 5.41 Å². The minimum absolute atomic E-state index is 0.330. The molecule has 0 amide bonds. The van der Waals surface area contributed by atoms with E-state index in [0.717, 1.165) is 24.7 Å². The van der Waals surface area contributed by atoms with Gasteiger partial charge in [0.2, 0.25) is 5.95 Å². The summed E-state index contributed by atoms with van der Waals surface area (Å²) in [5.74, 6) is 0.719. The molecule has 0 radical (unpaired) electrons. The van der Waals surface area contributed by atoms with Crippen molar-refractivity contribution in [3.63, 3.8) is 0 Å². The summed E-state index contributed by atoms with van der Waals surface area (Å²) in [4.78, 5) is 2.28. The predicted octanol–water partition coefficient (Wildman–Crippen LogP) is 2.20. The van der Waals surface area contributed by atoms with Crippen molar-refractivity contribution in [2.24, 2.45) is 5.41 Å². The quantitative estimate of drug-likeness (QED) is 0.886. The first-order valence-electron chi connectivity index (χ1n) is 7.91. The summed E-state index contributed by atoms with van der Waals surface area (Å²) in [5.41, 5.74) is 1.31. The van der Waals surface area contributed by atoms with Gasteiger partial charge in [0, 0.05) is 18.5 Å². The van der Waals surface area contributed by atoms with Gasteiger partial charge in [-0.2, -0.15) is 4.68 Å². The molecule has 1 aromatic carbocycles. The zero-order valence-corrected chi connectivity index (χ0v) is 13.4. The third-order valence-corrected chi connectivity index (χ3v) is 4.41. The maximum Gasteiger partial charge on any atom is 0.247 e. The maximum absolute atomic E-state index is 4.14. The van der Waals surface area contributed by atoms with Crippen LogP contribution in [-0.2, 0) is 0 Å². The molecule has 118 valence electrons. The lowest BCUT2D eigenvalue weighted by atomic mass is 9.85. The molecule has 0 saturated heterocycles. The lowest BCUT2D eigenvalue weighted by Gasteiger charge is -2.32. The molecule has 1 aliphatic rings. The predicted molar refractivity (Wildman–Crippen MR) is 87.1 cm³/mol. The summed E-state index contributed by atoms with van der Waals surface area (Å²) >= 11 is 0. The molecule has 6 nitrogen and oxygen atoms in total. The van der Waals surface area contributed by atoms with Crippen LogP contribution in [0.2, 0.25) is 0 Å². The Morgan fingerprint density at radius 2 is 1.91 bits per heavy atom. The number of para-hydroxylation sites is 1. The molecule has 1 aliphatic carbocycles. The van der Waals surface area contributed by atoms with Gasteiger partial charge in [0.1, 0.15) is 0 Å². The Bertz CT molecular complexity index is 586.